The molecule has 0 aliphatic carbocycles. The predicted octanol–water partition coefficient (Wildman–Crippen LogP) is 4.93. The molecule has 1 unspecified atom stereocenters. The van der Waals surface area contributed by atoms with Gasteiger partial charge in [-0.2, -0.15) is 10.2 Å². The number of rotatable bonds is 4. The van der Waals surface area contributed by atoms with Crippen LogP contribution in [-0.4, -0.2) is 24.5 Å². The second-order valence-electron chi connectivity index (χ2n) is 6.51. The molecule has 0 spiro atoms. The summed E-state index contributed by atoms with van der Waals surface area (Å²) in [6, 6.07) is 6.25. The van der Waals surface area contributed by atoms with E-state index in [1.54, 1.807) is 0 Å². The van der Waals surface area contributed by atoms with Crippen LogP contribution in [0.2, 0.25) is 0 Å². The minimum atomic E-state index is 0.151. The Morgan fingerprint density at radius 2 is 1.96 bits per heavy atom. The standard InChI is InChI=1S/C18H22BrN5S/c1-10-7-6-8-15(12(10)3)24-17(20-21-18(24)25)11(2)9-23-14(5)16(19)13(4)22-23/h6-8,11H,9H2,1-5H3,(H,21,25). The number of H-pyrrole nitrogens is 1. The molecule has 3 rings (SSSR count). The first-order valence-corrected chi connectivity index (χ1v) is 9.44. The lowest BCUT2D eigenvalue weighted by molar-refractivity contribution is 0.506. The van der Waals surface area contributed by atoms with Crippen molar-refractivity contribution in [1.29, 1.82) is 0 Å². The van der Waals surface area contributed by atoms with Crippen molar-refractivity contribution in [3.63, 3.8) is 0 Å². The molecule has 1 atom stereocenters. The number of nitrogens with zero attached hydrogens (tertiary/aromatic N) is 4. The van der Waals surface area contributed by atoms with Gasteiger partial charge in [-0.3, -0.25) is 14.3 Å². The molecule has 0 aliphatic rings. The summed E-state index contributed by atoms with van der Waals surface area (Å²) >= 11 is 9.10. The third-order valence-electron chi connectivity index (χ3n) is 4.70. The number of halogens is 1. The maximum absolute atomic E-state index is 5.51. The summed E-state index contributed by atoms with van der Waals surface area (Å²) in [5, 5.41) is 12.1. The smallest absolute Gasteiger partial charge is 0.199 e. The van der Waals surface area contributed by atoms with Crippen molar-refractivity contribution in [2.24, 2.45) is 0 Å². The Hall–Kier alpha value is -1.73. The highest BCUT2D eigenvalue weighted by molar-refractivity contribution is 9.10. The lowest BCUT2D eigenvalue weighted by Crippen LogP contribution is -2.14. The summed E-state index contributed by atoms with van der Waals surface area (Å²) in [7, 11) is 0. The molecular weight excluding hydrogens is 398 g/mol. The predicted molar refractivity (Wildman–Crippen MR) is 106 cm³/mol. The summed E-state index contributed by atoms with van der Waals surface area (Å²) in [4.78, 5) is 0. The monoisotopic (exact) mass is 419 g/mol. The Balaban J connectivity index is 2.03. The first kappa shape index (κ1) is 18.1. The van der Waals surface area contributed by atoms with E-state index < -0.39 is 0 Å². The number of hydrogen-bond donors (Lipinski definition) is 1. The van der Waals surface area contributed by atoms with Crippen LogP contribution in [0.5, 0.6) is 0 Å². The second kappa shape index (κ2) is 6.88. The zero-order valence-corrected chi connectivity index (χ0v) is 17.5. The Morgan fingerprint density at radius 1 is 1.24 bits per heavy atom. The average Bonchev–Trinajstić information content (AvgIpc) is 3.06. The number of aromatic nitrogens is 5. The van der Waals surface area contributed by atoms with Gasteiger partial charge in [-0.1, -0.05) is 19.1 Å². The van der Waals surface area contributed by atoms with Gasteiger partial charge in [0, 0.05) is 11.6 Å². The minimum Gasteiger partial charge on any atom is -0.272 e. The topological polar surface area (TPSA) is 51.4 Å². The molecule has 25 heavy (non-hydrogen) atoms. The molecule has 5 nitrogen and oxygen atoms in total. The van der Waals surface area contributed by atoms with Gasteiger partial charge in [0.25, 0.3) is 0 Å². The Morgan fingerprint density at radius 3 is 2.60 bits per heavy atom. The lowest BCUT2D eigenvalue weighted by atomic mass is 10.1. The minimum absolute atomic E-state index is 0.151. The number of aryl methyl sites for hydroxylation is 2. The number of hydrogen-bond acceptors (Lipinski definition) is 3. The van der Waals surface area contributed by atoms with E-state index in [0.29, 0.717) is 4.77 Å². The van der Waals surface area contributed by atoms with Gasteiger partial charge in [0.05, 0.1) is 22.4 Å². The molecule has 0 saturated carbocycles. The van der Waals surface area contributed by atoms with Crippen LogP contribution >= 0.6 is 28.1 Å². The molecule has 3 aromatic rings. The fourth-order valence-corrected chi connectivity index (χ4v) is 3.57. The van der Waals surface area contributed by atoms with E-state index in [4.69, 9.17) is 12.2 Å². The molecule has 0 amide bonds. The van der Waals surface area contributed by atoms with E-state index in [2.05, 4.69) is 77.1 Å². The molecule has 1 aromatic carbocycles. The molecule has 0 radical (unpaired) electrons. The first-order valence-electron chi connectivity index (χ1n) is 8.24. The van der Waals surface area contributed by atoms with E-state index in [9.17, 15) is 0 Å². The van der Waals surface area contributed by atoms with E-state index in [1.165, 1.54) is 11.1 Å². The van der Waals surface area contributed by atoms with Crippen molar-refractivity contribution in [2.75, 3.05) is 0 Å². The third-order valence-corrected chi connectivity index (χ3v) is 6.12. The largest absolute Gasteiger partial charge is 0.272 e. The summed E-state index contributed by atoms with van der Waals surface area (Å²) < 4.78 is 5.75. The fraction of sp³-hybridized carbons (Fsp3) is 0.389. The van der Waals surface area contributed by atoms with Crippen LogP contribution in [0.4, 0.5) is 0 Å². The molecule has 2 heterocycles. The van der Waals surface area contributed by atoms with Gasteiger partial charge in [-0.15, -0.1) is 0 Å². The molecule has 132 valence electrons. The number of benzene rings is 1. The summed E-state index contributed by atoms with van der Waals surface area (Å²) in [6.07, 6.45) is 0. The molecule has 0 saturated heterocycles. The Bertz CT molecular complexity index is 982. The van der Waals surface area contributed by atoms with Crippen molar-refractivity contribution in [1.82, 2.24) is 24.5 Å². The van der Waals surface area contributed by atoms with E-state index >= 15 is 0 Å². The van der Waals surface area contributed by atoms with Crippen LogP contribution in [0.1, 0.15) is 41.2 Å². The van der Waals surface area contributed by atoms with Gasteiger partial charge >= 0.3 is 0 Å². The highest BCUT2D eigenvalue weighted by atomic mass is 79.9. The summed E-state index contributed by atoms with van der Waals surface area (Å²) in [5.41, 5.74) is 5.65. The zero-order chi connectivity index (χ0) is 18.3. The first-order chi connectivity index (χ1) is 11.8. The second-order valence-corrected chi connectivity index (χ2v) is 7.69. The molecule has 0 bridgehead atoms. The summed E-state index contributed by atoms with van der Waals surface area (Å²) in [5.74, 6) is 1.07. The fourth-order valence-electron chi connectivity index (χ4n) is 3.04. The average molecular weight is 420 g/mol. The van der Waals surface area contributed by atoms with E-state index in [-0.39, 0.29) is 5.92 Å². The van der Waals surface area contributed by atoms with Gasteiger partial charge in [0.15, 0.2) is 4.77 Å². The van der Waals surface area contributed by atoms with Gasteiger partial charge in [0.1, 0.15) is 5.82 Å². The molecule has 0 fully saturated rings. The Labute approximate surface area is 161 Å². The van der Waals surface area contributed by atoms with Crippen molar-refractivity contribution in [3.05, 3.63) is 55.8 Å². The van der Waals surface area contributed by atoms with E-state index in [0.717, 1.165) is 33.9 Å². The maximum Gasteiger partial charge on any atom is 0.199 e. The van der Waals surface area contributed by atoms with Crippen LogP contribution in [0.25, 0.3) is 5.69 Å². The molecule has 2 aromatic heterocycles. The van der Waals surface area contributed by atoms with Crippen molar-refractivity contribution in [3.8, 4) is 5.69 Å². The summed E-state index contributed by atoms with van der Waals surface area (Å²) in [6.45, 7) is 11.2. The van der Waals surface area contributed by atoms with E-state index in [1.807, 2.05) is 16.2 Å². The van der Waals surface area contributed by atoms with Gasteiger partial charge in [0.2, 0.25) is 0 Å². The lowest BCUT2D eigenvalue weighted by Gasteiger charge is -2.16. The number of nitrogens with one attached hydrogen (secondary N) is 1. The third kappa shape index (κ3) is 3.22. The molecule has 0 aliphatic heterocycles. The Kier molecular flexibility index (Phi) is 4.97. The van der Waals surface area contributed by atoms with Gasteiger partial charge in [-0.25, -0.2) is 0 Å². The highest BCUT2D eigenvalue weighted by Crippen LogP contribution is 2.26. The van der Waals surface area contributed by atoms with Gasteiger partial charge in [-0.05, 0) is 73.0 Å². The maximum atomic E-state index is 5.51. The van der Waals surface area contributed by atoms with Crippen molar-refractivity contribution >= 4 is 28.1 Å². The van der Waals surface area contributed by atoms with Crippen LogP contribution in [0.3, 0.4) is 0 Å². The molecule has 7 heteroatoms. The quantitative estimate of drug-likeness (QED) is 0.610. The SMILES string of the molecule is Cc1cccc(-n2c(C(C)Cn3nc(C)c(Br)c3C)n[nH]c2=S)c1C. The van der Waals surface area contributed by atoms with Crippen LogP contribution in [0.15, 0.2) is 22.7 Å². The molecule has 1 N–H and O–H groups in total. The van der Waals surface area contributed by atoms with Gasteiger partial charge < -0.3 is 0 Å². The van der Waals surface area contributed by atoms with Crippen LogP contribution < -0.4 is 0 Å². The molecular formula is C18H22BrN5S. The number of aromatic amines is 1. The zero-order valence-electron chi connectivity index (χ0n) is 15.1. The van der Waals surface area contributed by atoms with Crippen LogP contribution in [0, 0.1) is 32.5 Å². The van der Waals surface area contributed by atoms with Crippen molar-refractivity contribution < 1.29 is 0 Å². The highest BCUT2D eigenvalue weighted by Gasteiger charge is 2.19. The normalized spacial score (nSPS) is 12.6. The van der Waals surface area contributed by atoms with Crippen molar-refractivity contribution in [2.45, 2.75) is 47.1 Å². The van der Waals surface area contributed by atoms with Crippen LogP contribution in [-0.2, 0) is 6.54 Å².